The number of H-pyrrole nitrogens is 1. The van der Waals surface area contributed by atoms with E-state index in [1.54, 1.807) is 11.2 Å². The minimum atomic E-state index is -3.37. The van der Waals surface area contributed by atoms with Gasteiger partial charge in [0.25, 0.3) is 0 Å². The van der Waals surface area contributed by atoms with Crippen LogP contribution in [0.5, 0.6) is 0 Å². The van der Waals surface area contributed by atoms with Crippen molar-refractivity contribution in [2.24, 2.45) is 5.92 Å². The Balaban J connectivity index is 0.00000162. The van der Waals surface area contributed by atoms with Crippen LogP contribution in [-0.4, -0.2) is 49.6 Å². The molecule has 8 heteroatoms. The highest BCUT2D eigenvalue weighted by molar-refractivity contribution is 7.89. The molecule has 104 valence electrons. The Hall–Kier alpha value is -0.630. The quantitative estimate of drug-likeness (QED) is 0.841. The van der Waals surface area contributed by atoms with Crippen LogP contribution in [0.3, 0.4) is 0 Å². The van der Waals surface area contributed by atoms with E-state index in [9.17, 15) is 8.42 Å². The third-order valence-corrected chi connectivity index (χ3v) is 5.12. The van der Waals surface area contributed by atoms with Crippen LogP contribution in [0.4, 0.5) is 0 Å². The Labute approximate surface area is 114 Å². The Morgan fingerprint density at radius 1 is 1.61 bits per heavy atom. The van der Waals surface area contributed by atoms with Crippen LogP contribution in [0.2, 0.25) is 0 Å². The summed E-state index contributed by atoms with van der Waals surface area (Å²) in [6.45, 7) is 3.77. The van der Waals surface area contributed by atoms with Crippen LogP contribution in [0, 0.1) is 12.8 Å². The monoisotopic (exact) mass is 294 g/mol. The molecule has 1 unspecified atom stereocenters. The average molecular weight is 295 g/mol. The summed E-state index contributed by atoms with van der Waals surface area (Å²) in [6, 6.07) is 0. The molecule has 1 aliphatic heterocycles. The minimum absolute atomic E-state index is 0. The van der Waals surface area contributed by atoms with Gasteiger partial charge in [-0.2, -0.15) is 9.40 Å². The molecule has 0 bridgehead atoms. The largest absolute Gasteiger partial charge is 0.319 e. The Bertz CT molecular complexity index is 488. The van der Waals surface area contributed by atoms with Gasteiger partial charge in [0.2, 0.25) is 10.0 Å². The number of nitrogens with zero attached hydrogens (tertiary/aromatic N) is 2. The molecule has 2 N–H and O–H groups in total. The first kappa shape index (κ1) is 15.4. The lowest BCUT2D eigenvalue weighted by Gasteiger charge is -2.15. The molecular formula is C10H19ClN4O2S. The molecule has 1 aromatic heterocycles. The van der Waals surface area contributed by atoms with E-state index < -0.39 is 10.0 Å². The maximum absolute atomic E-state index is 12.3. The number of sulfonamides is 1. The Morgan fingerprint density at radius 2 is 2.33 bits per heavy atom. The standard InChI is InChI=1S/C10H18N4O2S.ClH/c1-8-10(6-12-13-8)17(15,16)14-4-3-9(7-14)5-11-2;/h6,9,11H,3-5,7H2,1-2H3,(H,12,13);1H. The first-order chi connectivity index (χ1) is 8.05. The van der Waals surface area contributed by atoms with Gasteiger partial charge >= 0.3 is 0 Å². The lowest BCUT2D eigenvalue weighted by atomic mass is 10.1. The average Bonchev–Trinajstić information content (AvgIpc) is 2.87. The number of aryl methyl sites for hydroxylation is 1. The first-order valence-electron chi connectivity index (χ1n) is 5.70. The van der Waals surface area contributed by atoms with E-state index in [0.29, 0.717) is 29.6 Å². The van der Waals surface area contributed by atoms with Gasteiger partial charge < -0.3 is 5.32 Å². The van der Waals surface area contributed by atoms with Gasteiger partial charge in [0.1, 0.15) is 4.90 Å². The van der Waals surface area contributed by atoms with Crippen molar-refractivity contribution >= 4 is 22.4 Å². The Morgan fingerprint density at radius 3 is 2.89 bits per heavy atom. The number of halogens is 1. The van der Waals surface area contributed by atoms with Gasteiger partial charge in [0.05, 0.1) is 11.9 Å². The van der Waals surface area contributed by atoms with Gasteiger partial charge in [0, 0.05) is 13.1 Å². The molecular weight excluding hydrogens is 276 g/mol. The number of rotatable bonds is 4. The van der Waals surface area contributed by atoms with Crippen LogP contribution < -0.4 is 5.32 Å². The molecule has 2 rings (SSSR count). The second-order valence-corrected chi connectivity index (χ2v) is 6.34. The predicted molar refractivity (Wildman–Crippen MR) is 71.4 cm³/mol. The summed E-state index contributed by atoms with van der Waals surface area (Å²) >= 11 is 0. The third kappa shape index (κ3) is 2.85. The molecule has 0 spiro atoms. The van der Waals surface area contributed by atoms with E-state index in [4.69, 9.17) is 0 Å². The number of nitrogens with one attached hydrogen (secondary N) is 2. The molecule has 1 atom stereocenters. The summed E-state index contributed by atoms with van der Waals surface area (Å²) in [4.78, 5) is 0.294. The fraction of sp³-hybridized carbons (Fsp3) is 0.700. The van der Waals surface area contributed by atoms with Gasteiger partial charge in [-0.25, -0.2) is 8.42 Å². The van der Waals surface area contributed by atoms with Gasteiger partial charge in [-0.1, -0.05) is 0 Å². The summed E-state index contributed by atoms with van der Waals surface area (Å²) in [5.74, 6) is 0.405. The van der Waals surface area contributed by atoms with E-state index in [1.807, 2.05) is 7.05 Å². The second-order valence-electron chi connectivity index (χ2n) is 4.43. The molecule has 0 amide bonds. The third-order valence-electron chi connectivity index (χ3n) is 3.14. The van der Waals surface area contributed by atoms with Crippen LogP contribution in [0.15, 0.2) is 11.1 Å². The summed E-state index contributed by atoms with van der Waals surface area (Å²) in [6.07, 6.45) is 2.30. The lowest BCUT2D eigenvalue weighted by molar-refractivity contribution is 0.451. The fourth-order valence-corrected chi connectivity index (χ4v) is 3.86. The first-order valence-corrected chi connectivity index (χ1v) is 7.14. The molecule has 1 aromatic rings. The predicted octanol–water partition coefficient (Wildman–Crippen LogP) is 0.370. The zero-order chi connectivity index (χ0) is 12.5. The van der Waals surface area contributed by atoms with Gasteiger partial charge in [0.15, 0.2) is 0 Å². The summed E-state index contributed by atoms with van der Waals surface area (Å²) in [7, 11) is -1.48. The van der Waals surface area contributed by atoms with Crippen molar-refractivity contribution in [3.63, 3.8) is 0 Å². The number of hydrogen-bond donors (Lipinski definition) is 2. The summed E-state index contributed by atoms with van der Waals surface area (Å²) in [5, 5.41) is 9.53. The van der Waals surface area contributed by atoms with Crippen molar-refractivity contribution in [2.75, 3.05) is 26.7 Å². The van der Waals surface area contributed by atoms with E-state index in [-0.39, 0.29) is 12.4 Å². The van der Waals surface area contributed by atoms with E-state index in [0.717, 1.165) is 13.0 Å². The van der Waals surface area contributed by atoms with Crippen molar-refractivity contribution in [3.05, 3.63) is 11.9 Å². The molecule has 0 aromatic carbocycles. The second kappa shape index (κ2) is 6.01. The SMILES string of the molecule is CNCC1CCN(S(=O)(=O)c2cn[nH]c2C)C1.Cl. The highest BCUT2D eigenvalue weighted by atomic mass is 35.5. The maximum Gasteiger partial charge on any atom is 0.246 e. The van der Waals surface area contributed by atoms with Gasteiger partial charge in [-0.05, 0) is 32.9 Å². The molecule has 0 aliphatic carbocycles. The molecule has 0 saturated carbocycles. The normalized spacial score (nSPS) is 20.9. The van der Waals surface area contributed by atoms with E-state index >= 15 is 0 Å². The van der Waals surface area contributed by atoms with Crippen LogP contribution in [-0.2, 0) is 10.0 Å². The summed E-state index contributed by atoms with van der Waals surface area (Å²) in [5.41, 5.74) is 0.599. The molecule has 1 fully saturated rings. The van der Waals surface area contributed by atoms with Crippen molar-refractivity contribution < 1.29 is 8.42 Å². The lowest BCUT2D eigenvalue weighted by Crippen LogP contribution is -2.30. The van der Waals surface area contributed by atoms with E-state index in [1.165, 1.54) is 6.20 Å². The zero-order valence-corrected chi connectivity index (χ0v) is 12.1. The fourth-order valence-electron chi connectivity index (χ4n) is 2.21. The molecule has 1 aliphatic rings. The number of aromatic nitrogens is 2. The molecule has 0 radical (unpaired) electrons. The van der Waals surface area contributed by atoms with Crippen LogP contribution in [0.1, 0.15) is 12.1 Å². The Kier molecular flexibility index (Phi) is 5.15. The van der Waals surface area contributed by atoms with Crippen molar-refractivity contribution in [1.82, 2.24) is 19.8 Å². The topological polar surface area (TPSA) is 78.1 Å². The maximum atomic E-state index is 12.3. The molecule has 1 saturated heterocycles. The van der Waals surface area contributed by atoms with Crippen molar-refractivity contribution in [1.29, 1.82) is 0 Å². The molecule has 18 heavy (non-hydrogen) atoms. The van der Waals surface area contributed by atoms with Crippen molar-refractivity contribution in [3.8, 4) is 0 Å². The summed E-state index contributed by atoms with van der Waals surface area (Å²) < 4.78 is 26.2. The minimum Gasteiger partial charge on any atom is -0.319 e. The van der Waals surface area contributed by atoms with Gasteiger partial charge in [-0.15, -0.1) is 12.4 Å². The molecule has 6 nitrogen and oxygen atoms in total. The molecule has 2 heterocycles. The number of aromatic amines is 1. The van der Waals surface area contributed by atoms with E-state index in [2.05, 4.69) is 15.5 Å². The van der Waals surface area contributed by atoms with Crippen LogP contribution >= 0.6 is 12.4 Å². The van der Waals surface area contributed by atoms with Crippen molar-refractivity contribution in [2.45, 2.75) is 18.2 Å². The smallest absolute Gasteiger partial charge is 0.246 e. The highest BCUT2D eigenvalue weighted by Gasteiger charge is 2.33. The van der Waals surface area contributed by atoms with Crippen LogP contribution in [0.25, 0.3) is 0 Å². The highest BCUT2D eigenvalue weighted by Crippen LogP contribution is 2.24. The van der Waals surface area contributed by atoms with Gasteiger partial charge in [-0.3, -0.25) is 5.10 Å². The zero-order valence-electron chi connectivity index (χ0n) is 10.5. The number of hydrogen-bond acceptors (Lipinski definition) is 4.